The van der Waals surface area contributed by atoms with E-state index in [1.54, 1.807) is 17.4 Å². The van der Waals surface area contributed by atoms with Gasteiger partial charge in [0.15, 0.2) is 0 Å². The summed E-state index contributed by atoms with van der Waals surface area (Å²) in [6.07, 6.45) is 0. The maximum absolute atomic E-state index is 14.0. The zero-order valence-corrected chi connectivity index (χ0v) is 13.7. The number of benzene rings is 1. The summed E-state index contributed by atoms with van der Waals surface area (Å²) in [5, 5.41) is 5.33. The van der Waals surface area contributed by atoms with Gasteiger partial charge in [0.05, 0.1) is 6.04 Å². The zero-order chi connectivity index (χ0) is 13.1. The summed E-state index contributed by atoms with van der Waals surface area (Å²) in [5.74, 6) is -0.190. The molecule has 1 atom stereocenters. The van der Waals surface area contributed by atoms with Gasteiger partial charge in [0.25, 0.3) is 0 Å². The first-order chi connectivity index (χ1) is 8.63. The van der Waals surface area contributed by atoms with E-state index in [2.05, 4.69) is 37.2 Å². The number of hydrogen-bond acceptors (Lipinski definition) is 2. The predicted octanol–water partition coefficient (Wildman–Crippen LogP) is 5.11. The number of nitrogens with one attached hydrogen (secondary N) is 1. The smallest absolute Gasteiger partial charge is 0.128 e. The molecule has 2 aromatic rings. The van der Waals surface area contributed by atoms with Crippen LogP contribution in [0.5, 0.6) is 0 Å². The Morgan fingerprint density at radius 2 is 2.11 bits per heavy atom. The summed E-state index contributed by atoms with van der Waals surface area (Å²) < 4.78 is 15.9. The molecule has 0 fully saturated rings. The maximum atomic E-state index is 14.0. The fourth-order valence-corrected chi connectivity index (χ4v) is 3.87. The fraction of sp³-hybridized carbons (Fsp3) is 0.231. The van der Waals surface area contributed by atoms with Gasteiger partial charge < -0.3 is 5.32 Å². The van der Waals surface area contributed by atoms with Crippen molar-refractivity contribution in [3.8, 4) is 0 Å². The summed E-state index contributed by atoms with van der Waals surface area (Å²) in [7, 11) is 0. The van der Waals surface area contributed by atoms with Crippen LogP contribution in [0.25, 0.3) is 0 Å². The van der Waals surface area contributed by atoms with Crippen molar-refractivity contribution in [3.63, 3.8) is 0 Å². The third-order valence-corrected chi connectivity index (χ3v) is 5.01. The molecule has 0 aliphatic heterocycles. The minimum atomic E-state index is -0.190. The molecule has 0 aliphatic carbocycles. The van der Waals surface area contributed by atoms with Gasteiger partial charge in [-0.25, -0.2) is 4.39 Å². The summed E-state index contributed by atoms with van der Waals surface area (Å²) in [4.78, 5) is 1.09. The Bertz CT molecular complexity index is 542. The van der Waals surface area contributed by atoms with Crippen molar-refractivity contribution in [3.05, 3.63) is 54.8 Å². The van der Waals surface area contributed by atoms with Crippen molar-refractivity contribution in [2.75, 3.05) is 6.54 Å². The average Bonchev–Trinajstić information content (AvgIpc) is 2.76. The highest BCUT2D eigenvalue weighted by molar-refractivity contribution is 9.10. The standard InChI is InChI=1S/C13H12Br2FNS/c1-2-17-12(13-10(15)5-6-18-13)9-7-8(14)3-4-11(9)16/h3-7,12,17H,2H2,1H3. The van der Waals surface area contributed by atoms with Crippen molar-refractivity contribution in [1.29, 1.82) is 0 Å². The highest BCUT2D eigenvalue weighted by Crippen LogP contribution is 2.35. The molecule has 5 heteroatoms. The van der Waals surface area contributed by atoms with Crippen LogP contribution in [0.2, 0.25) is 0 Å². The molecule has 0 saturated heterocycles. The van der Waals surface area contributed by atoms with Gasteiger partial charge in [0.2, 0.25) is 0 Å². The van der Waals surface area contributed by atoms with Gasteiger partial charge in [-0.3, -0.25) is 0 Å². The molecular formula is C13H12Br2FNS. The number of thiophene rings is 1. The molecule has 1 aromatic heterocycles. The van der Waals surface area contributed by atoms with E-state index in [1.807, 2.05) is 24.4 Å². The molecular weight excluding hydrogens is 381 g/mol. The van der Waals surface area contributed by atoms with Crippen LogP contribution in [-0.4, -0.2) is 6.54 Å². The predicted molar refractivity (Wildman–Crippen MR) is 81.6 cm³/mol. The Balaban J connectivity index is 2.48. The third-order valence-electron chi connectivity index (χ3n) is 2.58. The Kier molecular flexibility index (Phi) is 4.95. The minimum absolute atomic E-state index is 0.123. The van der Waals surface area contributed by atoms with Crippen LogP contribution in [0.4, 0.5) is 4.39 Å². The first kappa shape index (κ1) is 14.2. The average molecular weight is 393 g/mol. The Hall–Kier alpha value is -0.230. The lowest BCUT2D eigenvalue weighted by Gasteiger charge is -2.18. The second kappa shape index (κ2) is 6.28. The third kappa shape index (κ3) is 3.02. The van der Waals surface area contributed by atoms with Crippen LogP contribution in [0, 0.1) is 5.82 Å². The molecule has 1 aromatic carbocycles. The molecule has 2 rings (SSSR count). The first-order valence-electron chi connectivity index (χ1n) is 5.54. The summed E-state index contributed by atoms with van der Waals surface area (Å²) >= 11 is 8.52. The van der Waals surface area contributed by atoms with Crippen LogP contribution < -0.4 is 5.32 Å². The van der Waals surface area contributed by atoms with Gasteiger partial charge in [-0.1, -0.05) is 22.9 Å². The van der Waals surface area contributed by atoms with Crippen molar-refractivity contribution in [2.24, 2.45) is 0 Å². The molecule has 0 bridgehead atoms. The van der Waals surface area contributed by atoms with E-state index >= 15 is 0 Å². The highest BCUT2D eigenvalue weighted by atomic mass is 79.9. The van der Waals surface area contributed by atoms with E-state index in [1.165, 1.54) is 6.07 Å². The molecule has 0 aliphatic rings. The van der Waals surface area contributed by atoms with Gasteiger partial charge in [0.1, 0.15) is 5.82 Å². The molecule has 96 valence electrons. The van der Waals surface area contributed by atoms with E-state index in [4.69, 9.17) is 0 Å². The molecule has 0 spiro atoms. The quantitative estimate of drug-likeness (QED) is 0.762. The minimum Gasteiger partial charge on any atom is -0.306 e. The van der Waals surface area contributed by atoms with E-state index in [0.717, 1.165) is 20.4 Å². The fourth-order valence-electron chi connectivity index (χ4n) is 1.80. The van der Waals surface area contributed by atoms with Crippen LogP contribution in [0.3, 0.4) is 0 Å². The molecule has 1 unspecified atom stereocenters. The van der Waals surface area contributed by atoms with Crippen LogP contribution in [0.15, 0.2) is 38.6 Å². The van der Waals surface area contributed by atoms with E-state index in [9.17, 15) is 4.39 Å². The Morgan fingerprint density at radius 1 is 1.33 bits per heavy atom. The van der Waals surface area contributed by atoms with Gasteiger partial charge in [-0.15, -0.1) is 11.3 Å². The van der Waals surface area contributed by atoms with Gasteiger partial charge in [0, 0.05) is 19.4 Å². The second-order valence-electron chi connectivity index (χ2n) is 3.79. The summed E-state index contributed by atoms with van der Waals surface area (Å²) in [6, 6.07) is 6.90. The molecule has 1 N–H and O–H groups in total. The molecule has 0 amide bonds. The molecule has 18 heavy (non-hydrogen) atoms. The van der Waals surface area contributed by atoms with Crippen LogP contribution in [0.1, 0.15) is 23.4 Å². The van der Waals surface area contributed by atoms with E-state index in [-0.39, 0.29) is 11.9 Å². The monoisotopic (exact) mass is 391 g/mol. The van der Waals surface area contributed by atoms with Crippen molar-refractivity contribution >= 4 is 43.2 Å². The van der Waals surface area contributed by atoms with Gasteiger partial charge in [-0.05, 0) is 52.1 Å². The topological polar surface area (TPSA) is 12.0 Å². The first-order valence-corrected chi connectivity index (χ1v) is 8.01. The molecule has 1 heterocycles. The van der Waals surface area contributed by atoms with Crippen molar-refractivity contribution in [2.45, 2.75) is 13.0 Å². The van der Waals surface area contributed by atoms with E-state index < -0.39 is 0 Å². The number of rotatable bonds is 4. The van der Waals surface area contributed by atoms with Gasteiger partial charge >= 0.3 is 0 Å². The van der Waals surface area contributed by atoms with Crippen LogP contribution in [-0.2, 0) is 0 Å². The maximum Gasteiger partial charge on any atom is 0.128 e. The number of halogens is 3. The zero-order valence-electron chi connectivity index (χ0n) is 9.71. The Labute approximate surface area is 127 Å². The largest absolute Gasteiger partial charge is 0.306 e. The lowest BCUT2D eigenvalue weighted by atomic mass is 10.0. The lowest BCUT2D eigenvalue weighted by Crippen LogP contribution is -2.22. The van der Waals surface area contributed by atoms with Gasteiger partial charge in [-0.2, -0.15) is 0 Å². The summed E-state index contributed by atoms with van der Waals surface area (Å²) in [5.41, 5.74) is 0.661. The highest BCUT2D eigenvalue weighted by Gasteiger charge is 2.20. The van der Waals surface area contributed by atoms with Crippen molar-refractivity contribution < 1.29 is 4.39 Å². The second-order valence-corrected chi connectivity index (χ2v) is 6.51. The molecule has 1 nitrogen and oxygen atoms in total. The van der Waals surface area contributed by atoms with E-state index in [0.29, 0.717) is 5.56 Å². The molecule has 0 saturated carbocycles. The SMILES string of the molecule is CCNC(c1cc(Br)ccc1F)c1sccc1Br. The molecule has 0 radical (unpaired) electrons. The lowest BCUT2D eigenvalue weighted by molar-refractivity contribution is 0.562. The summed E-state index contributed by atoms with van der Waals surface area (Å²) in [6.45, 7) is 2.80. The number of hydrogen-bond donors (Lipinski definition) is 1. The van der Waals surface area contributed by atoms with Crippen LogP contribution >= 0.6 is 43.2 Å². The Morgan fingerprint density at radius 3 is 2.72 bits per heavy atom. The van der Waals surface area contributed by atoms with Crippen molar-refractivity contribution in [1.82, 2.24) is 5.32 Å². The normalized spacial score (nSPS) is 12.7.